The number of fused-ring (bicyclic) bond motifs is 1. The van der Waals surface area contributed by atoms with Crippen molar-refractivity contribution >= 4 is 0 Å². The SMILES string of the molecule is C=C.C=C1/C(=C\C=C2/CCCC3(C)C(C/C=C/C(O)C4CC4)CCC23)CCCC1C. The molecule has 0 spiro atoms. The maximum absolute atomic E-state index is 10.1. The molecule has 166 valence electrons. The van der Waals surface area contributed by atoms with Gasteiger partial charge in [-0.15, -0.1) is 13.2 Å². The van der Waals surface area contributed by atoms with Crippen LogP contribution in [0.1, 0.15) is 84.5 Å². The number of aliphatic hydroxyl groups is 1. The molecule has 0 heterocycles. The molecular formula is C29H44O. The quantitative estimate of drug-likeness (QED) is 0.458. The van der Waals surface area contributed by atoms with Crippen molar-refractivity contribution < 1.29 is 5.11 Å². The molecule has 4 aliphatic rings. The number of rotatable bonds is 5. The molecule has 0 bridgehead atoms. The van der Waals surface area contributed by atoms with Crippen LogP contribution in [0, 0.1) is 29.1 Å². The molecule has 1 nitrogen and oxygen atoms in total. The number of hydrogen-bond donors (Lipinski definition) is 1. The molecule has 4 rings (SSSR count). The van der Waals surface area contributed by atoms with Gasteiger partial charge in [-0.05, 0) is 111 Å². The molecule has 4 saturated carbocycles. The van der Waals surface area contributed by atoms with Gasteiger partial charge in [-0.3, -0.25) is 0 Å². The summed E-state index contributed by atoms with van der Waals surface area (Å²) >= 11 is 0. The minimum atomic E-state index is -0.190. The van der Waals surface area contributed by atoms with Gasteiger partial charge in [0.1, 0.15) is 0 Å². The van der Waals surface area contributed by atoms with Gasteiger partial charge >= 0.3 is 0 Å². The van der Waals surface area contributed by atoms with Crippen molar-refractivity contribution in [3.63, 3.8) is 0 Å². The lowest BCUT2D eigenvalue weighted by Gasteiger charge is -2.42. The van der Waals surface area contributed by atoms with E-state index in [0.29, 0.717) is 17.3 Å². The number of allylic oxidation sites excluding steroid dienone is 6. The molecule has 0 aromatic heterocycles. The first-order valence-electron chi connectivity index (χ1n) is 12.4. The van der Waals surface area contributed by atoms with Gasteiger partial charge in [0.05, 0.1) is 6.10 Å². The second-order valence-corrected chi connectivity index (χ2v) is 10.4. The second-order valence-electron chi connectivity index (χ2n) is 10.4. The van der Waals surface area contributed by atoms with Crippen molar-refractivity contribution in [3.8, 4) is 0 Å². The van der Waals surface area contributed by atoms with Crippen LogP contribution in [-0.4, -0.2) is 11.2 Å². The Morgan fingerprint density at radius 1 is 1.07 bits per heavy atom. The van der Waals surface area contributed by atoms with Crippen molar-refractivity contribution in [2.24, 2.45) is 29.1 Å². The second kappa shape index (κ2) is 10.3. The summed E-state index contributed by atoms with van der Waals surface area (Å²) in [4.78, 5) is 0. The molecule has 0 aromatic carbocycles. The summed E-state index contributed by atoms with van der Waals surface area (Å²) in [5, 5.41) is 10.1. The summed E-state index contributed by atoms with van der Waals surface area (Å²) in [7, 11) is 0. The predicted octanol–water partition coefficient (Wildman–Crippen LogP) is 7.95. The van der Waals surface area contributed by atoms with Crippen molar-refractivity contribution in [1.82, 2.24) is 0 Å². The van der Waals surface area contributed by atoms with Crippen LogP contribution in [0.15, 0.2) is 60.8 Å². The van der Waals surface area contributed by atoms with Gasteiger partial charge in [0.25, 0.3) is 0 Å². The van der Waals surface area contributed by atoms with E-state index >= 15 is 0 Å². The normalized spacial score (nSPS) is 37.8. The van der Waals surface area contributed by atoms with Gasteiger partial charge in [0.2, 0.25) is 0 Å². The molecule has 1 heteroatoms. The molecule has 0 saturated heterocycles. The Morgan fingerprint density at radius 3 is 2.57 bits per heavy atom. The zero-order valence-corrected chi connectivity index (χ0v) is 19.5. The van der Waals surface area contributed by atoms with E-state index in [0.717, 1.165) is 18.3 Å². The summed E-state index contributed by atoms with van der Waals surface area (Å²) in [5.41, 5.74) is 5.04. The first-order chi connectivity index (χ1) is 14.5. The van der Waals surface area contributed by atoms with Crippen molar-refractivity contribution in [3.05, 3.63) is 60.8 Å². The first kappa shape index (κ1) is 23.3. The van der Waals surface area contributed by atoms with E-state index < -0.39 is 0 Å². The van der Waals surface area contributed by atoms with Crippen LogP contribution in [0.25, 0.3) is 0 Å². The Kier molecular flexibility index (Phi) is 8.02. The van der Waals surface area contributed by atoms with Crippen molar-refractivity contribution in [2.45, 2.75) is 90.6 Å². The summed E-state index contributed by atoms with van der Waals surface area (Å²) < 4.78 is 0. The molecule has 4 aliphatic carbocycles. The molecule has 1 N–H and O–H groups in total. The lowest BCUT2D eigenvalue weighted by atomic mass is 9.63. The lowest BCUT2D eigenvalue weighted by Crippen LogP contribution is -2.33. The average molecular weight is 409 g/mol. The predicted molar refractivity (Wildman–Crippen MR) is 130 cm³/mol. The molecule has 0 aromatic rings. The molecular weight excluding hydrogens is 364 g/mol. The van der Waals surface area contributed by atoms with E-state index in [1.54, 1.807) is 5.57 Å². The third-order valence-electron chi connectivity index (χ3n) is 8.61. The molecule has 5 atom stereocenters. The standard InChI is InChI=1S/C27H40O.C2H4/c1-19-7-4-8-21(20(19)2)12-13-22-9-6-18-27(3)24(16-17-25(22)27)10-5-11-26(28)23-14-15-23;1-2/h5,11-13,19,23-26,28H,2,4,6-10,14-18H2,1,3H3;1-2H2/b11-5+,21-12-,22-13+;. The zero-order valence-electron chi connectivity index (χ0n) is 19.5. The van der Waals surface area contributed by atoms with Gasteiger partial charge in [-0.25, -0.2) is 0 Å². The average Bonchev–Trinajstić information content (AvgIpc) is 3.54. The highest BCUT2D eigenvalue weighted by atomic mass is 16.3. The van der Waals surface area contributed by atoms with E-state index in [4.69, 9.17) is 0 Å². The molecule has 5 unspecified atom stereocenters. The van der Waals surface area contributed by atoms with E-state index in [-0.39, 0.29) is 6.10 Å². The Balaban J connectivity index is 0.00000124. The Morgan fingerprint density at radius 2 is 1.83 bits per heavy atom. The summed E-state index contributed by atoms with van der Waals surface area (Å²) in [6, 6.07) is 0. The maximum atomic E-state index is 10.1. The molecule has 30 heavy (non-hydrogen) atoms. The number of hydrogen-bond acceptors (Lipinski definition) is 1. The van der Waals surface area contributed by atoms with Gasteiger partial charge in [0.15, 0.2) is 0 Å². The van der Waals surface area contributed by atoms with E-state index in [9.17, 15) is 5.11 Å². The highest BCUT2D eigenvalue weighted by molar-refractivity contribution is 5.36. The van der Waals surface area contributed by atoms with Gasteiger partial charge < -0.3 is 5.11 Å². The van der Waals surface area contributed by atoms with E-state index in [1.165, 1.54) is 75.4 Å². The van der Waals surface area contributed by atoms with E-state index in [1.807, 2.05) is 0 Å². The van der Waals surface area contributed by atoms with Gasteiger partial charge in [0, 0.05) is 0 Å². The van der Waals surface area contributed by atoms with Crippen LogP contribution in [0.2, 0.25) is 0 Å². The van der Waals surface area contributed by atoms with Crippen molar-refractivity contribution in [2.75, 3.05) is 0 Å². The van der Waals surface area contributed by atoms with Gasteiger partial charge in [-0.1, -0.05) is 50.3 Å². The Bertz CT molecular complexity index is 691. The monoisotopic (exact) mass is 408 g/mol. The minimum absolute atomic E-state index is 0.190. The highest BCUT2D eigenvalue weighted by Crippen LogP contribution is 2.58. The van der Waals surface area contributed by atoms with Crippen LogP contribution in [0.5, 0.6) is 0 Å². The molecule has 4 fully saturated rings. The van der Waals surface area contributed by atoms with Crippen LogP contribution in [0.3, 0.4) is 0 Å². The largest absolute Gasteiger partial charge is 0.389 e. The zero-order chi connectivity index (χ0) is 21.7. The summed E-state index contributed by atoms with van der Waals surface area (Å²) in [6.07, 6.45) is 23.2. The van der Waals surface area contributed by atoms with Crippen molar-refractivity contribution in [1.29, 1.82) is 0 Å². The smallest absolute Gasteiger partial charge is 0.0749 e. The van der Waals surface area contributed by atoms with Crippen LogP contribution >= 0.6 is 0 Å². The highest BCUT2D eigenvalue weighted by Gasteiger charge is 2.48. The summed E-state index contributed by atoms with van der Waals surface area (Å²) in [5.74, 6) is 2.75. The number of aliphatic hydroxyl groups excluding tert-OH is 1. The first-order valence-corrected chi connectivity index (χ1v) is 12.4. The Labute approximate surface area is 185 Å². The van der Waals surface area contributed by atoms with Crippen LogP contribution in [-0.2, 0) is 0 Å². The third-order valence-corrected chi connectivity index (χ3v) is 8.61. The summed E-state index contributed by atoms with van der Waals surface area (Å²) in [6.45, 7) is 15.3. The van der Waals surface area contributed by atoms with E-state index in [2.05, 4.69) is 57.9 Å². The van der Waals surface area contributed by atoms with Crippen LogP contribution < -0.4 is 0 Å². The third kappa shape index (κ3) is 5.10. The fourth-order valence-electron chi connectivity index (χ4n) is 6.36. The van der Waals surface area contributed by atoms with Gasteiger partial charge in [-0.2, -0.15) is 0 Å². The Hall–Kier alpha value is -1.34. The molecule has 0 amide bonds. The lowest BCUT2D eigenvalue weighted by molar-refractivity contribution is 0.136. The molecule has 0 radical (unpaired) electrons. The topological polar surface area (TPSA) is 20.2 Å². The minimum Gasteiger partial charge on any atom is -0.389 e. The fourth-order valence-corrected chi connectivity index (χ4v) is 6.36. The fraction of sp³-hybridized carbons (Fsp3) is 0.655. The van der Waals surface area contributed by atoms with Crippen LogP contribution in [0.4, 0.5) is 0 Å². The molecule has 0 aliphatic heterocycles. The maximum Gasteiger partial charge on any atom is 0.0749 e.